The molecule has 0 bridgehead atoms. The summed E-state index contributed by atoms with van der Waals surface area (Å²) in [6, 6.07) is 6.32. The maximum Gasteiger partial charge on any atom is 0.253 e. The Morgan fingerprint density at radius 2 is 1.77 bits per heavy atom. The van der Waals surface area contributed by atoms with Gasteiger partial charge >= 0.3 is 0 Å². The van der Waals surface area contributed by atoms with Crippen LogP contribution < -0.4 is 10.6 Å². The van der Waals surface area contributed by atoms with Crippen molar-refractivity contribution in [2.45, 2.75) is 32.4 Å². The molecule has 7 nitrogen and oxygen atoms in total. The number of nitrogens with zero attached hydrogens (tertiary/aromatic N) is 2. The van der Waals surface area contributed by atoms with E-state index in [2.05, 4.69) is 10.6 Å². The molecule has 0 aromatic heterocycles. The van der Waals surface area contributed by atoms with Crippen LogP contribution in [-0.2, 0) is 9.59 Å². The van der Waals surface area contributed by atoms with Gasteiger partial charge in [-0.25, -0.2) is 0 Å². The number of benzene rings is 1. The molecule has 3 amide bonds. The first-order chi connectivity index (χ1) is 14.3. The van der Waals surface area contributed by atoms with E-state index in [1.165, 1.54) is 0 Å². The largest absolute Gasteiger partial charge is 0.353 e. The van der Waals surface area contributed by atoms with Gasteiger partial charge in [0.1, 0.15) is 6.04 Å². The zero-order valence-corrected chi connectivity index (χ0v) is 19.4. The normalized spacial score (nSPS) is 15.7. The number of piperazine rings is 1. The molecule has 1 aromatic carbocycles. The fourth-order valence-corrected chi connectivity index (χ4v) is 3.98. The lowest BCUT2D eigenvalue weighted by molar-refractivity contribution is -0.135. The molecule has 9 heteroatoms. The van der Waals surface area contributed by atoms with Crippen LogP contribution in [0.3, 0.4) is 0 Å². The highest BCUT2D eigenvalue weighted by atomic mass is 35.5. The highest BCUT2D eigenvalue weighted by Gasteiger charge is 2.29. The molecule has 0 radical (unpaired) electrons. The van der Waals surface area contributed by atoms with E-state index in [9.17, 15) is 14.4 Å². The van der Waals surface area contributed by atoms with Crippen molar-refractivity contribution in [3.8, 4) is 0 Å². The standard InChI is InChI=1S/C21H31ClN4O3S/c1-15(2)23-19(27)14-25-9-11-26(12-10-25)21(29)18(8-13-30-3)24-20(28)16-6-4-5-7-17(16)22/h4-7,15,18H,8-14H2,1-3H3,(H,23,27)(H,24,28). The molecule has 0 saturated carbocycles. The van der Waals surface area contributed by atoms with Crippen LogP contribution in [0.15, 0.2) is 24.3 Å². The molecule has 1 fully saturated rings. The topological polar surface area (TPSA) is 81.8 Å². The third-order valence-electron chi connectivity index (χ3n) is 4.83. The van der Waals surface area contributed by atoms with Crippen LogP contribution in [0.2, 0.25) is 5.02 Å². The van der Waals surface area contributed by atoms with Crippen molar-refractivity contribution >= 4 is 41.1 Å². The molecule has 166 valence electrons. The van der Waals surface area contributed by atoms with E-state index in [-0.39, 0.29) is 23.8 Å². The molecule has 1 atom stereocenters. The highest BCUT2D eigenvalue weighted by molar-refractivity contribution is 7.98. The van der Waals surface area contributed by atoms with Gasteiger partial charge in [-0.05, 0) is 44.4 Å². The van der Waals surface area contributed by atoms with Gasteiger partial charge in [0.25, 0.3) is 5.91 Å². The molecule has 1 unspecified atom stereocenters. The van der Waals surface area contributed by atoms with Crippen molar-refractivity contribution in [3.05, 3.63) is 34.9 Å². The van der Waals surface area contributed by atoms with Gasteiger partial charge in [0, 0.05) is 32.2 Å². The fraction of sp³-hybridized carbons (Fsp3) is 0.571. The summed E-state index contributed by atoms with van der Waals surface area (Å²) < 4.78 is 0. The van der Waals surface area contributed by atoms with Crippen LogP contribution in [0.5, 0.6) is 0 Å². The minimum Gasteiger partial charge on any atom is -0.353 e. The molecule has 2 rings (SSSR count). The van der Waals surface area contributed by atoms with Gasteiger partial charge in [-0.1, -0.05) is 23.7 Å². The lowest BCUT2D eigenvalue weighted by Crippen LogP contribution is -2.56. The third kappa shape index (κ3) is 7.49. The van der Waals surface area contributed by atoms with Crippen LogP contribution in [0.1, 0.15) is 30.6 Å². The van der Waals surface area contributed by atoms with Crippen LogP contribution >= 0.6 is 23.4 Å². The van der Waals surface area contributed by atoms with E-state index in [4.69, 9.17) is 11.6 Å². The quantitative estimate of drug-likeness (QED) is 0.595. The summed E-state index contributed by atoms with van der Waals surface area (Å²) in [5, 5.41) is 6.11. The molecule has 1 saturated heterocycles. The Morgan fingerprint density at radius 3 is 2.37 bits per heavy atom. The average molecular weight is 455 g/mol. The second-order valence-electron chi connectivity index (χ2n) is 7.61. The summed E-state index contributed by atoms with van der Waals surface area (Å²) >= 11 is 7.76. The van der Waals surface area contributed by atoms with Crippen LogP contribution in [0.4, 0.5) is 0 Å². The van der Waals surface area contributed by atoms with Crippen molar-refractivity contribution in [3.63, 3.8) is 0 Å². The third-order valence-corrected chi connectivity index (χ3v) is 5.81. The number of thioether (sulfide) groups is 1. The van der Waals surface area contributed by atoms with Gasteiger partial charge < -0.3 is 15.5 Å². The smallest absolute Gasteiger partial charge is 0.253 e. The monoisotopic (exact) mass is 454 g/mol. The fourth-order valence-electron chi connectivity index (χ4n) is 3.29. The van der Waals surface area contributed by atoms with Crippen molar-refractivity contribution in [1.82, 2.24) is 20.4 Å². The lowest BCUT2D eigenvalue weighted by Gasteiger charge is -2.36. The number of hydrogen-bond acceptors (Lipinski definition) is 5. The second-order valence-corrected chi connectivity index (χ2v) is 9.00. The van der Waals surface area contributed by atoms with Gasteiger partial charge in [-0.3, -0.25) is 19.3 Å². The Kier molecular flexibility index (Phi) is 9.94. The van der Waals surface area contributed by atoms with Gasteiger partial charge in [0.2, 0.25) is 11.8 Å². The Hall–Kier alpha value is -1.77. The van der Waals surface area contributed by atoms with Crippen LogP contribution in [0, 0.1) is 0 Å². The first-order valence-electron chi connectivity index (χ1n) is 10.2. The Morgan fingerprint density at radius 1 is 1.10 bits per heavy atom. The minimum atomic E-state index is -0.600. The summed E-state index contributed by atoms with van der Waals surface area (Å²) in [4.78, 5) is 41.5. The van der Waals surface area contributed by atoms with E-state index in [0.29, 0.717) is 49.7 Å². The highest BCUT2D eigenvalue weighted by Crippen LogP contribution is 2.16. The zero-order valence-electron chi connectivity index (χ0n) is 17.8. The Balaban J connectivity index is 1.94. The summed E-state index contributed by atoms with van der Waals surface area (Å²) in [7, 11) is 0. The molecular formula is C21H31ClN4O3S. The van der Waals surface area contributed by atoms with Crippen LogP contribution in [-0.4, -0.2) is 84.3 Å². The predicted octanol–water partition coefficient (Wildman–Crippen LogP) is 1.86. The molecular weight excluding hydrogens is 424 g/mol. The van der Waals surface area contributed by atoms with E-state index in [1.54, 1.807) is 40.9 Å². The first-order valence-corrected chi connectivity index (χ1v) is 11.9. The molecule has 0 aliphatic carbocycles. The maximum atomic E-state index is 13.1. The minimum absolute atomic E-state index is 0.00498. The molecule has 1 aliphatic rings. The van der Waals surface area contributed by atoms with E-state index in [0.717, 1.165) is 5.75 Å². The van der Waals surface area contributed by atoms with E-state index in [1.807, 2.05) is 25.0 Å². The Labute approximate surface area is 187 Å². The lowest BCUT2D eigenvalue weighted by atomic mass is 10.1. The SMILES string of the molecule is CSCCC(NC(=O)c1ccccc1Cl)C(=O)N1CCN(CC(=O)NC(C)C)CC1. The first kappa shape index (κ1) is 24.5. The molecule has 1 aromatic rings. The number of nitrogens with one attached hydrogen (secondary N) is 2. The Bertz CT molecular complexity index is 739. The maximum absolute atomic E-state index is 13.1. The van der Waals surface area contributed by atoms with Crippen molar-refractivity contribution in [2.75, 3.05) is 44.7 Å². The number of carbonyl (C=O) groups is 3. The van der Waals surface area contributed by atoms with Gasteiger partial charge in [0.15, 0.2) is 0 Å². The molecule has 2 N–H and O–H groups in total. The number of halogens is 1. The summed E-state index contributed by atoms with van der Waals surface area (Å²) in [6.45, 7) is 6.52. The van der Waals surface area contributed by atoms with Crippen LogP contribution in [0.25, 0.3) is 0 Å². The summed E-state index contributed by atoms with van der Waals surface area (Å²) in [5.74, 6) is 0.323. The van der Waals surface area contributed by atoms with Gasteiger partial charge in [0.05, 0.1) is 17.1 Å². The van der Waals surface area contributed by atoms with Gasteiger partial charge in [-0.2, -0.15) is 11.8 Å². The van der Waals surface area contributed by atoms with E-state index >= 15 is 0 Å². The van der Waals surface area contributed by atoms with E-state index < -0.39 is 6.04 Å². The number of amides is 3. The number of hydrogen-bond donors (Lipinski definition) is 2. The second kappa shape index (κ2) is 12.2. The number of rotatable bonds is 9. The molecule has 1 aliphatic heterocycles. The van der Waals surface area contributed by atoms with Gasteiger partial charge in [-0.15, -0.1) is 0 Å². The summed E-state index contributed by atoms with van der Waals surface area (Å²) in [5.41, 5.74) is 0.363. The molecule has 1 heterocycles. The van der Waals surface area contributed by atoms with Crippen molar-refractivity contribution < 1.29 is 14.4 Å². The van der Waals surface area contributed by atoms with Crippen molar-refractivity contribution in [1.29, 1.82) is 0 Å². The van der Waals surface area contributed by atoms with Crippen molar-refractivity contribution in [2.24, 2.45) is 0 Å². The summed E-state index contributed by atoms with van der Waals surface area (Å²) in [6.07, 6.45) is 2.52. The molecule has 0 spiro atoms. The molecule has 30 heavy (non-hydrogen) atoms. The number of carbonyl (C=O) groups excluding carboxylic acids is 3. The average Bonchev–Trinajstić information content (AvgIpc) is 2.70. The predicted molar refractivity (Wildman–Crippen MR) is 122 cm³/mol. The zero-order chi connectivity index (χ0) is 22.1.